The molecule has 3 nitrogen and oxygen atoms in total. The molecule has 1 unspecified atom stereocenters. The molecule has 0 radical (unpaired) electrons. The number of aromatic nitrogens is 1. The molecule has 0 amide bonds. The van der Waals surface area contributed by atoms with Crippen molar-refractivity contribution in [3.63, 3.8) is 0 Å². The smallest absolute Gasteiger partial charge is 0.310 e. The first kappa shape index (κ1) is 11.7. The minimum Gasteiger partial charge on any atom is -0.481 e. The van der Waals surface area contributed by atoms with Gasteiger partial charge in [0.15, 0.2) is 0 Å². The summed E-state index contributed by atoms with van der Waals surface area (Å²) >= 11 is 0. The van der Waals surface area contributed by atoms with Crippen LogP contribution in [0.4, 0.5) is 8.78 Å². The molecule has 84 valence electrons. The van der Waals surface area contributed by atoms with Crippen LogP contribution in [-0.2, 0) is 11.3 Å². The Balaban J connectivity index is 2.77. The van der Waals surface area contributed by atoms with Crippen LogP contribution in [0.2, 0.25) is 0 Å². The summed E-state index contributed by atoms with van der Waals surface area (Å²) in [6.45, 7) is 1.92. The van der Waals surface area contributed by atoms with Crippen LogP contribution in [0.15, 0.2) is 18.5 Å². The van der Waals surface area contributed by atoms with Crippen LogP contribution in [-0.4, -0.2) is 21.6 Å². The molecule has 5 heteroatoms. The molecule has 0 bridgehead atoms. The third-order valence-corrected chi connectivity index (χ3v) is 2.10. The minimum absolute atomic E-state index is 0.431. The lowest BCUT2D eigenvalue weighted by atomic mass is 10.1. The Labute approximate surface area is 86.3 Å². The summed E-state index contributed by atoms with van der Waals surface area (Å²) in [4.78, 5) is 10.6. The van der Waals surface area contributed by atoms with Crippen LogP contribution in [0, 0.1) is 0 Å². The summed E-state index contributed by atoms with van der Waals surface area (Å²) in [6, 6.07) is 1.55. The minimum atomic E-state index is -2.79. The van der Waals surface area contributed by atoms with Crippen molar-refractivity contribution in [2.45, 2.75) is 32.2 Å². The second-order valence-electron chi connectivity index (χ2n) is 3.75. The first-order valence-corrected chi connectivity index (χ1v) is 4.56. The van der Waals surface area contributed by atoms with Crippen LogP contribution in [0.1, 0.15) is 25.3 Å². The van der Waals surface area contributed by atoms with Crippen molar-refractivity contribution in [2.24, 2.45) is 0 Å². The zero-order valence-electron chi connectivity index (χ0n) is 8.58. The maximum absolute atomic E-state index is 12.6. The van der Waals surface area contributed by atoms with Crippen molar-refractivity contribution in [3.05, 3.63) is 24.0 Å². The maximum atomic E-state index is 12.6. The second-order valence-corrected chi connectivity index (χ2v) is 3.75. The number of carboxylic acid groups (broad SMARTS) is 1. The standard InChI is InChI=1S/C10H13F2NO2/c1-7(9(14)15)8-3-4-13(5-8)6-10(2,11)12/h3-5,7H,6H2,1-2H3,(H,14,15). The van der Waals surface area contributed by atoms with Gasteiger partial charge in [0.25, 0.3) is 5.92 Å². The Morgan fingerprint density at radius 1 is 1.67 bits per heavy atom. The zero-order valence-corrected chi connectivity index (χ0v) is 8.58. The van der Waals surface area contributed by atoms with Crippen molar-refractivity contribution in [1.82, 2.24) is 4.57 Å². The van der Waals surface area contributed by atoms with Crippen LogP contribution in [0.3, 0.4) is 0 Å². The van der Waals surface area contributed by atoms with E-state index in [1.807, 2.05) is 0 Å². The number of hydrogen-bond donors (Lipinski definition) is 1. The topological polar surface area (TPSA) is 42.2 Å². The lowest BCUT2D eigenvalue weighted by Crippen LogP contribution is -2.18. The van der Waals surface area contributed by atoms with E-state index in [2.05, 4.69) is 0 Å². The Hall–Kier alpha value is -1.39. The highest BCUT2D eigenvalue weighted by Gasteiger charge is 2.22. The van der Waals surface area contributed by atoms with Gasteiger partial charge in [0, 0.05) is 19.3 Å². The van der Waals surface area contributed by atoms with E-state index >= 15 is 0 Å². The molecule has 1 aromatic rings. The SMILES string of the molecule is CC(C(=O)O)c1ccn(CC(C)(F)F)c1. The highest BCUT2D eigenvalue weighted by atomic mass is 19.3. The summed E-state index contributed by atoms with van der Waals surface area (Å²) in [5.74, 6) is -4.42. The molecule has 1 N–H and O–H groups in total. The van der Waals surface area contributed by atoms with Gasteiger partial charge in [0.05, 0.1) is 12.5 Å². The second kappa shape index (κ2) is 4.00. The van der Waals surface area contributed by atoms with Crippen LogP contribution >= 0.6 is 0 Å². The Bertz CT molecular complexity index is 355. The number of aliphatic carboxylic acids is 1. The van der Waals surface area contributed by atoms with Gasteiger partial charge in [-0.15, -0.1) is 0 Å². The van der Waals surface area contributed by atoms with Gasteiger partial charge in [-0.25, -0.2) is 8.78 Å². The van der Waals surface area contributed by atoms with Gasteiger partial charge >= 0.3 is 5.97 Å². The number of carboxylic acids is 1. The van der Waals surface area contributed by atoms with Gasteiger partial charge in [0.1, 0.15) is 0 Å². The van der Waals surface area contributed by atoms with E-state index < -0.39 is 24.4 Å². The fourth-order valence-corrected chi connectivity index (χ4v) is 1.28. The Morgan fingerprint density at radius 3 is 2.73 bits per heavy atom. The van der Waals surface area contributed by atoms with Crippen molar-refractivity contribution in [3.8, 4) is 0 Å². The quantitative estimate of drug-likeness (QED) is 0.841. The fraction of sp³-hybridized carbons (Fsp3) is 0.500. The highest BCUT2D eigenvalue weighted by Crippen LogP contribution is 2.19. The first-order valence-electron chi connectivity index (χ1n) is 4.56. The van der Waals surface area contributed by atoms with Gasteiger partial charge in [-0.1, -0.05) is 0 Å². The van der Waals surface area contributed by atoms with Gasteiger partial charge < -0.3 is 9.67 Å². The maximum Gasteiger partial charge on any atom is 0.310 e. The summed E-state index contributed by atoms with van der Waals surface area (Å²) in [5.41, 5.74) is 0.534. The molecule has 0 saturated carbocycles. The van der Waals surface area contributed by atoms with E-state index in [9.17, 15) is 13.6 Å². The van der Waals surface area contributed by atoms with Crippen molar-refractivity contribution in [1.29, 1.82) is 0 Å². The third kappa shape index (κ3) is 3.34. The van der Waals surface area contributed by atoms with E-state index in [4.69, 9.17) is 5.11 Å². The number of halogens is 2. The molecule has 0 fully saturated rings. The molecule has 0 aromatic carbocycles. The number of alkyl halides is 2. The average Bonchev–Trinajstić information content (AvgIpc) is 2.48. The van der Waals surface area contributed by atoms with Crippen molar-refractivity contribution < 1.29 is 18.7 Å². The third-order valence-electron chi connectivity index (χ3n) is 2.10. The molecule has 1 aromatic heterocycles. The van der Waals surface area contributed by atoms with Crippen molar-refractivity contribution in [2.75, 3.05) is 0 Å². The van der Waals surface area contributed by atoms with Crippen molar-refractivity contribution >= 4 is 5.97 Å². The molecule has 0 aliphatic carbocycles. The molecule has 0 aliphatic rings. The predicted molar refractivity (Wildman–Crippen MR) is 51.1 cm³/mol. The molecule has 1 atom stereocenters. The van der Waals surface area contributed by atoms with Gasteiger partial charge in [-0.05, 0) is 18.6 Å². The monoisotopic (exact) mass is 217 g/mol. The van der Waals surface area contributed by atoms with E-state index in [1.165, 1.54) is 23.9 Å². The lowest BCUT2D eigenvalue weighted by molar-refractivity contribution is -0.138. The van der Waals surface area contributed by atoms with Crippen LogP contribution in [0.25, 0.3) is 0 Å². The molecule has 0 spiro atoms. The lowest BCUT2D eigenvalue weighted by Gasteiger charge is -2.10. The van der Waals surface area contributed by atoms with E-state index in [0.29, 0.717) is 5.56 Å². The van der Waals surface area contributed by atoms with Gasteiger partial charge in [-0.3, -0.25) is 4.79 Å². The number of rotatable bonds is 4. The Morgan fingerprint density at radius 2 is 2.27 bits per heavy atom. The first-order chi connectivity index (χ1) is 6.79. The molecular formula is C10H13F2NO2. The Kier molecular flexibility index (Phi) is 3.12. The molecule has 0 saturated heterocycles. The molecule has 0 aliphatic heterocycles. The molecule has 15 heavy (non-hydrogen) atoms. The summed E-state index contributed by atoms with van der Waals surface area (Å²) in [5, 5.41) is 8.72. The van der Waals surface area contributed by atoms with E-state index in [1.54, 1.807) is 6.07 Å². The summed E-state index contributed by atoms with van der Waals surface area (Å²) in [7, 11) is 0. The van der Waals surface area contributed by atoms with Crippen LogP contribution < -0.4 is 0 Å². The zero-order chi connectivity index (χ0) is 11.6. The summed E-state index contributed by atoms with van der Waals surface area (Å²) in [6.07, 6.45) is 2.91. The molecule has 1 rings (SSSR count). The average molecular weight is 217 g/mol. The normalized spacial score (nSPS) is 13.9. The fourth-order valence-electron chi connectivity index (χ4n) is 1.28. The number of nitrogens with zero attached hydrogens (tertiary/aromatic N) is 1. The van der Waals surface area contributed by atoms with Crippen LogP contribution in [0.5, 0.6) is 0 Å². The predicted octanol–water partition coefficient (Wildman–Crippen LogP) is 2.33. The molecular weight excluding hydrogens is 204 g/mol. The number of hydrogen-bond acceptors (Lipinski definition) is 1. The van der Waals surface area contributed by atoms with Gasteiger partial charge in [0.2, 0.25) is 0 Å². The molecule has 1 heterocycles. The van der Waals surface area contributed by atoms with E-state index in [0.717, 1.165) is 6.92 Å². The summed E-state index contributed by atoms with van der Waals surface area (Å²) < 4.78 is 26.6. The van der Waals surface area contributed by atoms with E-state index in [-0.39, 0.29) is 0 Å². The highest BCUT2D eigenvalue weighted by molar-refractivity contribution is 5.75. The number of carbonyl (C=O) groups is 1. The largest absolute Gasteiger partial charge is 0.481 e. The van der Waals surface area contributed by atoms with Gasteiger partial charge in [-0.2, -0.15) is 0 Å².